The number of halogens is 2. The lowest BCUT2D eigenvalue weighted by molar-refractivity contribution is -0.0167. The fraction of sp³-hybridized carbons (Fsp3) is 0.458. The molecule has 6 rings (SSSR count). The highest BCUT2D eigenvalue weighted by Crippen LogP contribution is 2.55. The molecule has 4 aliphatic carbocycles. The van der Waals surface area contributed by atoms with Gasteiger partial charge in [-0.05, 0) is 98.7 Å². The summed E-state index contributed by atoms with van der Waals surface area (Å²) in [5, 5.41) is 3.47. The highest BCUT2D eigenvalue weighted by molar-refractivity contribution is 7.92. The molecule has 4 aliphatic rings. The van der Waals surface area contributed by atoms with Gasteiger partial charge >= 0.3 is 0 Å². The Hall–Kier alpha value is -2.12. The van der Waals surface area contributed by atoms with Crippen molar-refractivity contribution in [1.82, 2.24) is 5.32 Å². The molecule has 2 aromatic carbocycles. The Labute approximate surface area is 193 Å². The van der Waals surface area contributed by atoms with Gasteiger partial charge < -0.3 is 5.32 Å². The largest absolute Gasteiger partial charge is 0.347 e. The van der Waals surface area contributed by atoms with Crippen molar-refractivity contribution >= 4 is 33.2 Å². The molecule has 0 atom stereocenters. The lowest BCUT2D eigenvalue weighted by atomic mass is 9.53. The number of hydrogen-bond acceptors (Lipinski definition) is 3. The number of carbonyl (C=O) groups excluding carboxylic acids is 1. The number of carbonyl (C=O) groups is 1. The molecule has 1 N–H and O–H groups in total. The lowest BCUT2D eigenvalue weighted by Crippen LogP contribution is -2.59. The second kappa shape index (κ2) is 7.73. The predicted octanol–water partition coefficient (Wildman–Crippen LogP) is 5.00. The number of nitrogens with one attached hydrogen (secondary N) is 1. The van der Waals surface area contributed by atoms with E-state index in [1.54, 1.807) is 0 Å². The minimum atomic E-state index is -3.96. The standard InChI is InChI=1S/C24H26ClFN2O3S/c1-28(19-4-2-18(26)3-5-19)32(30,31)20-6-7-22(25)21(11-20)23(29)27-24-12-15-8-16(13-24)10-17(9-15)14-24/h2-7,11,15-17H,8-10,12-14H2,1H3,(H,27,29). The van der Waals surface area contributed by atoms with Crippen LogP contribution in [0.5, 0.6) is 0 Å². The van der Waals surface area contributed by atoms with Crippen LogP contribution in [-0.2, 0) is 10.0 Å². The van der Waals surface area contributed by atoms with Gasteiger partial charge in [0.05, 0.1) is 21.2 Å². The van der Waals surface area contributed by atoms with Crippen molar-refractivity contribution < 1.29 is 17.6 Å². The second-order valence-electron chi connectivity index (χ2n) is 9.74. The molecule has 2 aromatic rings. The number of nitrogens with zero attached hydrogens (tertiary/aromatic N) is 1. The van der Waals surface area contributed by atoms with Gasteiger partial charge in [0.25, 0.3) is 15.9 Å². The van der Waals surface area contributed by atoms with E-state index in [1.807, 2.05) is 0 Å². The summed E-state index contributed by atoms with van der Waals surface area (Å²) in [6.45, 7) is 0. The van der Waals surface area contributed by atoms with E-state index in [2.05, 4.69) is 5.32 Å². The van der Waals surface area contributed by atoms with Gasteiger partial charge in [-0.2, -0.15) is 0 Å². The number of anilines is 1. The van der Waals surface area contributed by atoms with Crippen molar-refractivity contribution in [3.63, 3.8) is 0 Å². The first-order valence-corrected chi connectivity index (χ1v) is 12.8. The number of hydrogen-bond donors (Lipinski definition) is 1. The predicted molar refractivity (Wildman–Crippen MR) is 122 cm³/mol. The topological polar surface area (TPSA) is 66.5 Å². The maximum absolute atomic E-state index is 13.3. The maximum Gasteiger partial charge on any atom is 0.264 e. The zero-order valence-corrected chi connectivity index (χ0v) is 19.4. The van der Waals surface area contributed by atoms with Crippen molar-refractivity contribution in [2.24, 2.45) is 17.8 Å². The first kappa shape index (κ1) is 21.7. The highest BCUT2D eigenvalue weighted by atomic mass is 35.5. The third-order valence-corrected chi connectivity index (χ3v) is 9.56. The first-order valence-electron chi connectivity index (χ1n) is 11.0. The lowest BCUT2D eigenvalue weighted by Gasteiger charge is -2.56. The third kappa shape index (κ3) is 3.79. The van der Waals surface area contributed by atoms with Gasteiger partial charge in [-0.3, -0.25) is 9.10 Å². The SMILES string of the molecule is CN(c1ccc(F)cc1)S(=O)(=O)c1ccc(Cl)c(C(=O)NC23CC4CC(CC(C4)C2)C3)c1. The number of amides is 1. The summed E-state index contributed by atoms with van der Waals surface area (Å²) in [6.07, 6.45) is 6.77. The zero-order chi connectivity index (χ0) is 22.7. The Morgan fingerprint density at radius 1 is 1.03 bits per heavy atom. The van der Waals surface area contributed by atoms with E-state index in [9.17, 15) is 17.6 Å². The van der Waals surface area contributed by atoms with E-state index in [1.165, 1.54) is 68.8 Å². The third-order valence-electron chi connectivity index (χ3n) is 7.45. The van der Waals surface area contributed by atoms with Gasteiger partial charge in [-0.1, -0.05) is 11.6 Å². The second-order valence-corrected chi connectivity index (χ2v) is 12.1. The minimum absolute atomic E-state index is 0.0376. The quantitative estimate of drug-likeness (QED) is 0.660. The van der Waals surface area contributed by atoms with Gasteiger partial charge in [-0.15, -0.1) is 0 Å². The molecule has 0 spiro atoms. The van der Waals surface area contributed by atoms with E-state index in [0.717, 1.165) is 23.6 Å². The average Bonchev–Trinajstić information content (AvgIpc) is 2.72. The summed E-state index contributed by atoms with van der Waals surface area (Å²) in [4.78, 5) is 13.2. The molecule has 0 unspecified atom stereocenters. The highest BCUT2D eigenvalue weighted by Gasteiger charge is 2.51. The monoisotopic (exact) mass is 476 g/mol. The molecule has 0 saturated heterocycles. The smallest absolute Gasteiger partial charge is 0.264 e. The van der Waals surface area contributed by atoms with Crippen molar-refractivity contribution in [3.05, 3.63) is 58.9 Å². The number of benzene rings is 2. The van der Waals surface area contributed by atoms with Gasteiger partial charge in [0.15, 0.2) is 0 Å². The number of rotatable bonds is 5. The molecule has 0 radical (unpaired) electrons. The van der Waals surface area contributed by atoms with E-state index in [0.29, 0.717) is 23.4 Å². The Kier molecular flexibility index (Phi) is 5.25. The molecule has 32 heavy (non-hydrogen) atoms. The van der Waals surface area contributed by atoms with Crippen LogP contribution in [0.15, 0.2) is 47.4 Å². The molecule has 1 amide bonds. The minimum Gasteiger partial charge on any atom is -0.347 e. The van der Waals surface area contributed by atoms with Crippen LogP contribution in [0.4, 0.5) is 10.1 Å². The van der Waals surface area contributed by atoms with Crippen molar-refractivity contribution in [2.45, 2.75) is 49.0 Å². The van der Waals surface area contributed by atoms with E-state index < -0.39 is 15.8 Å². The van der Waals surface area contributed by atoms with Crippen molar-refractivity contribution in [2.75, 3.05) is 11.4 Å². The van der Waals surface area contributed by atoms with Crippen LogP contribution >= 0.6 is 11.6 Å². The van der Waals surface area contributed by atoms with Gasteiger partial charge in [0.2, 0.25) is 0 Å². The molecule has 4 bridgehead atoms. The molecule has 5 nitrogen and oxygen atoms in total. The van der Waals surface area contributed by atoms with Crippen LogP contribution < -0.4 is 9.62 Å². The summed E-state index contributed by atoms with van der Waals surface area (Å²) in [7, 11) is -2.56. The zero-order valence-electron chi connectivity index (χ0n) is 17.9. The van der Waals surface area contributed by atoms with Gasteiger partial charge in [0, 0.05) is 12.6 Å². The Morgan fingerprint density at radius 3 is 2.16 bits per heavy atom. The summed E-state index contributed by atoms with van der Waals surface area (Å²) in [6, 6.07) is 9.36. The number of sulfonamides is 1. The van der Waals surface area contributed by atoms with E-state index in [4.69, 9.17) is 11.6 Å². The van der Waals surface area contributed by atoms with Gasteiger partial charge in [0.1, 0.15) is 5.82 Å². The van der Waals surface area contributed by atoms with Crippen LogP contribution in [-0.4, -0.2) is 26.9 Å². The fourth-order valence-corrected chi connectivity index (χ4v) is 7.78. The summed E-state index contributed by atoms with van der Waals surface area (Å²) in [5.74, 6) is 1.25. The molecule has 170 valence electrons. The first-order chi connectivity index (χ1) is 15.1. The van der Waals surface area contributed by atoms with Crippen LogP contribution in [0.2, 0.25) is 5.02 Å². The van der Waals surface area contributed by atoms with E-state index in [-0.39, 0.29) is 26.9 Å². The normalized spacial score (nSPS) is 28.5. The fourth-order valence-electron chi connectivity index (χ4n) is 6.36. The Morgan fingerprint density at radius 2 is 1.59 bits per heavy atom. The van der Waals surface area contributed by atoms with Crippen LogP contribution in [0, 0.1) is 23.6 Å². The summed E-state index contributed by atoms with van der Waals surface area (Å²) >= 11 is 6.33. The molecular weight excluding hydrogens is 451 g/mol. The Balaban J connectivity index is 1.41. The molecule has 4 saturated carbocycles. The maximum atomic E-state index is 13.3. The van der Waals surface area contributed by atoms with Crippen molar-refractivity contribution in [1.29, 1.82) is 0 Å². The van der Waals surface area contributed by atoms with Crippen LogP contribution in [0.3, 0.4) is 0 Å². The molecular formula is C24H26ClFN2O3S. The Bertz CT molecular complexity index is 1130. The van der Waals surface area contributed by atoms with E-state index >= 15 is 0 Å². The van der Waals surface area contributed by atoms with Crippen molar-refractivity contribution in [3.8, 4) is 0 Å². The molecule has 0 aromatic heterocycles. The average molecular weight is 477 g/mol. The molecule has 0 aliphatic heterocycles. The summed E-state index contributed by atoms with van der Waals surface area (Å²) in [5.41, 5.74) is 0.284. The summed E-state index contributed by atoms with van der Waals surface area (Å²) < 4.78 is 40.6. The van der Waals surface area contributed by atoms with Crippen LogP contribution in [0.25, 0.3) is 0 Å². The molecule has 0 heterocycles. The van der Waals surface area contributed by atoms with Crippen LogP contribution in [0.1, 0.15) is 48.9 Å². The molecule has 8 heteroatoms. The molecule has 4 fully saturated rings. The van der Waals surface area contributed by atoms with Gasteiger partial charge in [-0.25, -0.2) is 12.8 Å².